The fourth-order valence-corrected chi connectivity index (χ4v) is 3.08. The molecule has 0 bridgehead atoms. The average Bonchev–Trinajstić information content (AvgIpc) is 2.42. The van der Waals surface area contributed by atoms with Crippen molar-refractivity contribution in [2.45, 2.75) is 52.0 Å². The molecule has 5 heteroatoms. The first kappa shape index (κ1) is 16.2. The van der Waals surface area contributed by atoms with Gasteiger partial charge in [0.15, 0.2) is 33.6 Å². The maximum atomic E-state index is 11.1. The van der Waals surface area contributed by atoms with Crippen LogP contribution in [0.15, 0.2) is 18.5 Å². The standard InChI is InChI=1S/C14H20INO3/c1-2-3-4-5-6-7-9-16-10-8-12(14(17)18)13(11-16)15-19/h8,10-11H,2-7,9H2,1H3/p+1. The zero-order valence-corrected chi connectivity index (χ0v) is 13.4. The van der Waals surface area contributed by atoms with Crippen LogP contribution < -0.4 is 4.57 Å². The van der Waals surface area contributed by atoms with Gasteiger partial charge < -0.3 is 5.11 Å². The number of hydrogen-bond acceptors (Lipinski definition) is 2. The van der Waals surface area contributed by atoms with Gasteiger partial charge in [0.2, 0.25) is 0 Å². The Morgan fingerprint density at radius 1 is 1.26 bits per heavy atom. The first-order valence-corrected chi connectivity index (χ1v) is 8.68. The number of rotatable bonds is 9. The first-order chi connectivity index (χ1) is 9.19. The quantitative estimate of drug-likeness (QED) is 0.406. The summed E-state index contributed by atoms with van der Waals surface area (Å²) in [5.41, 5.74) is 0.169. The Morgan fingerprint density at radius 3 is 2.58 bits per heavy atom. The summed E-state index contributed by atoms with van der Waals surface area (Å²) in [6.45, 7) is 3.07. The minimum absolute atomic E-state index is 0.169. The molecule has 0 radical (unpaired) electrons. The van der Waals surface area contributed by atoms with Crippen LogP contribution in [0.4, 0.5) is 0 Å². The highest BCUT2D eigenvalue weighted by molar-refractivity contribution is 14.1. The number of unbranched alkanes of at least 4 members (excludes halogenated alkanes) is 5. The van der Waals surface area contributed by atoms with Gasteiger partial charge in [-0.05, 0) is 6.42 Å². The van der Waals surface area contributed by atoms with Crippen LogP contribution in [0.5, 0.6) is 0 Å². The van der Waals surface area contributed by atoms with Crippen LogP contribution in [0, 0.1) is 3.57 Å². The van der Waals surface area contributed by atoms with E-state index in [2.05, 4.69) is 6.92 Å². The average molecular weight is 378 g/mol. The van der Waals surface area contributed by atoms with Gasteiger partial charge in [0, 0.05) is 12.5 Å². The van der Waals surface area contributed by atoms with E-state index in [1.807, 2.05) is 4.57 Å². The monoisotopic (exact) mass is 378 g/mol. The van der Waals surface area contributed by atoms with Gasteiger partial charge in [-0.2, -0.15) is 0 Å². The van der Waals surface area contributed by atoms with Crippen LogP contribution in [0.3, 0.4) is 0 Å². The van der Waals surface area contributed by atoms with Gasteiger partial charge in [0.1, 0.15) is 10.1 Å². The minimum atomic E-state index is -1.44. The Morgan fingerprint density at radius 2 is 1.95 bits per heavy atom. The third kappa shape index (κ3) is 5.76. The van der Waals surface area contributed by atoms with Crippen molar-refractivity contribution < 1.29 is 17.5 Å². The van der Waals surface area contributed by atoms with E-state index < -0.39 is 27.2 Å². The molecule has 0 saturated heterocycles. The van der Waals surface area contributed by atoms with Crippen molar-refractivity contribution in [3.05, 3.63) is 27.6 Å². The van der Waals surface area contributed by atoms with E-state index in [1.165, 1.54) is 32.1 Å². The number of nitrogens with zero attached hydrogens (tertiary/aromatic N) is 1. The molecular formula is C14H21INO3+. The topological polar surface area (TPSA) is 58.2 Å². The van der Waals surface area contributed by atoms with Crippen LogP contribution in [-0.4, -0.2) is 11.1 Å². The van der Waals surface area contributed by atoms with Crippen LogP contribution >= 0.6 is 21.2 Å². The molecule has 0 spiro atoms. The number of aromatic carboxylic acids is 1. The van der Waals surface area contributed by atoms with Crippen molar-refractivity contribution in [3.8, 4) is 0 Å². The number of carboxylic acid groups (broad SMARTS) is 1. The van der Waals surface area contributed by atoms with Crippen LogP contribution in [0.1, 0.15) is 55.8 Å². The lowest BCUT2D eigenvalue weighted by atomic mass is 10.1. The molecule has 1 aromatic rings. The van der Waals surface area contributed by atoms with Gasteiger partial charge >= 0.3 is 5.97 Å². The highest BCUT2D eigenvalue weighted by atomic mass is 127. The van der Waals surface area contributed by atoms with Gasteiger partial charge in [-0.25, -0.2) is 9.36 Å². The molecule has 0 unspecified atom stereocenters. The third-order valence-electron chi connectivity index (χ3n) is 3.05. The maximum Gasteiger partial charge on any atom is 0.337 e. The molecule has 0 fully saturated rings. The molecule has 0 atom stereocenters. The highest BCUT2D eigenvalue weighted by Gasteiger charge is 2.14. The SMILES string of the molecule is CCCCCCCC[n+]1ccc(C(=O)O)c(I=O)c1. The fraction of sp³-hybridized carbons (Fsp3) is 0.571. The molecule has 1 aromatic heterocycles. The Balaban J connectivity index is 2.47. The normalized spacial score (nSPS) is 10.6. The summed E-state index contributed by atoms with van der Waals surface area (Å²) < 4.78 is 13.5. The van der Waals surface area contributed by atoms with E-state index in [1.54, 1.807) is 18.5 Å². The largest absolute Gasteiger partial charge is 0.478 e. The molecule has 19 heavy (non-hydrogen) atoms. The van der Waals surface area contributed by atoms with E-state index in [4.69, 9.17) is 5.11 Å². The summed E-state index contributed by atoms with van der Waals surface area (Å²) in [5.74, 6) is -1.00. The Kier molecular flexibility index (Phi) is 7.78. The number of hydrogen-bond donors (Lipinski definition) is 1. The molecule has 106 valence electrons. The molecule has 0 aromatic carbocycles. The predicted molar refractivity (Wildman–Crippen MR) is 80.4 cm³/mol. The van der Waals surface area contributed by atoms with E-state index in [0.717, 1.165) is 13.0 Å². The van der Waals surface area contributed by atoms with Crippen molar-refractivity contribution in [2.75, 3.05) is 0 Å². The number of carboxylic acids is 1. The van der Waals surface area contributed by atoms with Crippen molar-refractivity contribution in [1.82, 2.24) is 0 Å². The second-order valence-electron chi connectivity index (χ2n) is 4.59. The number of halogens is 1. The molecular weight excluding hydrogens is 357 g/mol. The third-order valence-corrected chi connectivity index (χ3v) is 4.39. The second kappa shape index (κ2) is 9.12. The van der Waals surface area contributed by atoms with Crippen LogP contribution in [0.2, 0.25) is 0 Å². The van der Waals surface area contributed by atoms with Gasteiger partial charge in [-0.1, -0.05) is 32.6 Å². The number of aryl methyl sites for hydroxylation is 1. The highest BCUT2D eigenvalue weighted by Crippen LogP contribution is 2.13. The van der Waals surface area contributed by atoms with Gasteiger partial charge in [-0.3, -0.25) is 3.07 Å². The molecule has 0 amide bonds. The maximum absolute atomic E-state index is 11.1. The van der Waals surface area contributed by atoms with Crippen molar-refractivity contribution >= 4 is 27.2 Å². The van der Waals surface area contributed by atoms with Crippen LogP contribution in [-0.2, 0) is 9.61 Å². The number of aromatic nitrogens is 1. The lowest BCUT2D eigenvalue weighted by Gasteiger charge is -2.01. The zero-order valence-electron chi connectivity index (χ0n) is 11.3. The van der Waals surface area contributed by atoms with E-state index >= 15 is 0 Å². The molecule has 0 saturated carbocycles. The molecule has 1 heterocycles. The molecule has 1 rings (SSSR count). The van der Waals surface area contributed by atoms with Gasteiger partial charge in [-0.15, -0.1) is 0 Å². The first-order valence-electron chi connectivity index (χ1n) is 6.72. The van der Waals surface area contributed by atoms with Gasteiger partial charge in [0.05, 0.1) is 5.56 Å². The number of pyridine rings is 1. The lowest BCUT2D eigenvalue weighted by Crippen LogP contribution is -2.34. The second-order valence-corrected chi connectivity index (χ2v) is 6.20. The van der Waals surface area contributed by atoms with Crippen molar-refractivity contribution in [1.29, 1.82) is 0 Å². The lowest BCUT2D eigenvalue weighted by molar-refractivity contribution is -0.698. The van der Waals surface area contributed by atoms with Crippen molar-refractivity contribution in [2.24, 2.45) is 0 Å². The molecule has 4 nitrogen and oxygen atoms in total. The Labute approximate surface area is 124 Å². The summed E-state index contributed by atoms with van der Waals surface area (Å²) in [7, 11) is 0. The van der Waals surface area contributed by atoms with Crippen LogP contribution in [0.25, 0.3) is 0 Å². The summed E-state index contributed by atoms with van der Waals surface area (Å²) in [6.07, 6.45) is 10.8. The van der Waals surface area contributed by atoms with Crippen molar-refractivity contribution in [3.63, 3.8) is 0 Å². The van der Waals surface area contributed by atoms with E-state index in [9.17, 15) is 7.86 Å². The fourth-order valence-electron chi connectivity index (χ4n) is 1.96. The molecule has 0 aliphatic carbocycles. The summed E-state index contributed by atoms with van der Waals surface area (Å²) >= 11 is -1.44. The van der Waals surface area contributed by atoms with Gasteiger partial charge in [0.25, 0.3) is 0 Å². The smallest absolute Gasteiger partial charge is 0.337 e. The predicted octanol–water partition coefficient (Wildman–Crippen LogP) is 3.52. The molecule has 1 N–H and O–H groups in total. The molecule has 0 aliphatic rings. The summed E-state index contributed by atoms with van der Waals surface area (Å²) in [5, 5.41) is 8.95. The Bertz CT molecular complexity index is 435. The summed E-state index contributed by atoms with van der Waals surface area (Å²) in [6, 6.07) is 1.55. The van der Waals surface area contributed by atoms with E-state index in [-0.39, 0.29) is 5.56 Å². The Hall–Kier alpha value is -0.850. The molecule has 0 aliphatic heterocycles. The number of carbonyl (C=O) groups is 1. The zero-order chi connectivity index (χ0) is 14.1. The van der Waals surface area contributed by atoms with E-state index in [0.29, 0.717) is 3.57 Å². The summed E-state index contributed by atoms with van der Waals surface area (Å²) in [4.78, 5) is 10.9. The minimum Gasteiger partial charge on any atom is -0.478 e.